The summed E-state index contributed by atoms with van der Waals surface area (Å²) in [5.74, 6) is -0.966. The van der Waals surface area contributed by atoms with E-state index in [1.807, 2.05) is 31.2 Å². The molecular formula is C28H32N2O5. The van der Waals surface area contributed by atoms with Crippen molar-refractivity contribution in [3.8, 4) is 11.1 Å². The lowest BCUT2D eigenvalue weighted by Gasteiger charge is -2.26. The number of amides is 2. The number of likely N-dealkylation sites (tertiary alicyclic amines) is 1. The second-order valence-corrected chi connectivity index (χ2v) is 10.2. The number of hydrogen-bond acceptors (Lipinski definition) is 4. The summed E-state index contributed by atoms with van der Waals surface area (Å²) in [6.45, 7) is 3.29. The van der Waals surface area contributed by atoms with Gasteiger partial charge < -0.3 is 20.1 Å². The molecule has 0 spiro atoms. The third-order valence-electron chi connectivity index (χ3n) is 8.00. The third-order valence-corrected chi connectivity index (χ3v) is 8.00. The molecule has 1 saturated heterocycles. The minimum Gasteiger partial charge on any atom is -0.481 e. The fourth-order valence-corrected chi connectivity index (χ4v) is 6.16. The zero-order valence-electron chi connectivity index (χ0n) is 20.0. The van der Waals surface area contributed by atoms with Crippen molar-refractivity contribution in [1.29, 1.82) is 0 Å². The number of fused-ring (bicyclic) bond motifs is 3. The van der Waals surface area contributed by atoms with Crippen molar-refractivity contribution < 1.29 is 24.2 Å². The highest BCUT2D eigenvalue weighted by atomic mass is 16.5. The first-order valence-electron chi connectivity index (χ1n) is 12.5. The Kier molecular flexibility index (Phi) is 6.50. The van der Waals surface area contributed by atoms with Crippen LogP contribution in [0.5, 0.6) is 0 Å². The highest BCUT2D eigenvalue weighted by Gasteiger charge is 2.41. The molecule has 2 fully saturated rings. The second-order valence-electron chi connectivity index (χ2n) is 10.2. The van der Waals surface area contributed by atoms with Gasteiger partial charge in [0.1, 0.15) is 6.61 Å². The van der Waals surface area contributed by atoms with Crippen molar-refractivity contribution in [3.63, 3.8) is 0 Å². The first kappa shape index (κ1) is 23.4. The maximum absolute atomic E-state index is 13.2. The molecule has 0 radical (unpaired) electrons. The van der Waals surface area contributed by atoms with Crippen molar-refractivity contribution in [1.82, 2.24) is 10.2 Å². The molecule has 184 valence electrons. The predicted molar refractivity (Wildman–Crippen MR) is 131 cm³/mol. The Bertz CT molecular complexity index is 1090. The van der Waals surface area contributed by atoms with E-state index in [1.54, 1.807) is 4.90 Å². The Morgan fingerprint density at radius 3 is 2.31 bits per heavy atom. The Balaban J connectivity index is 1.19. The highest BCUT2D eigenvalue weighted by Crippen LogP contribution is 2.44. The molecule has 1 aliphatic heterocycles. The van der Waals surface area contributed by atoms with Gasteiger partial charge in [0.2, 0.25) is 5.91 Å². The number of nitrogens with one attached hydrogen (secondary N) is 1. The van der Waals surface area contributed by atoms with Crippen LogP contribution in [0.15, 0.2) is 48.5 Å². The van der Waals surface area contributed by atoms with Gasteiger partial charge in [-0.25, -0.2) is 4.79 Å². The number of alkyl carbamates (subject to hydrolysis) is 1. The number of carbonyl (C=O) groups is 3. The van der Waals surface area contributed by atoms with E-state index in [0.717, 1.165) is 30.4 Å². The normalized spacial score (nSPS) is 25.2. The molecule has 1 heterocycles. The topological polar surface area (TPSA) is 95.9 Å². The van der Waals surface area contributed by atoms with Crippen molar-refractivity contribution in [3.05, 3.63) is 59.7 Å². The van der Waals surface area contributed by atoms with Gasteiger partial charge in [-0.15, -0.1) is 0 Å². The van der Waals surface area contributed by atoms with Crippen LogP contribution in [-0.2, 0) is 14.3 Å². The number of hydrogen-bond donors (Lipinski definition) is 2. The Labute approximate surface area is 205 Å². The average Bonchev–Trinajstić information content (AvgIpc) is 3.53. The van der Waals surface area contributed by atoms with Gasteiger partial charge in [-0.3, -0.25) is 9.59 Å². The summed E-state index contributed by atoms with van der Waals surface area (Å²) in [7, 11) is 0. The standard InChI is InChI=1S/C28H32N2O5/c1-17-14-30(15-18(17)13-26(31)32)27(33)23-11-6-12-25(23)29-28(34)35-16-24-21-9-4-2-7-19(21)20-8-3-5-10-22(20)24/h2-5,7-10,17-18,23-25H,6,11-16H2,1H3,(H,29,34)(H,31,32)/t17?,18?,23-,25+/m1/s1. The molecular weight excluding hydrogens is 444 g/mol. The summed E-state index contributed by atoms with van der Waals surface area (Å²) in [6, 6.07) is 16.2. The molecule has 7 heteroatoms. The number of ether oxygens (including phenoxy) is 1. The fraction of sp³-hybridized carbons (Fsp3) is 0.464. The lowest BCUT2D eigenvalue weighted by Crippen LogP contribution is -2.45. The summed E-state index contributed by atoms with van der Waals surface area (Å²) in [4.78, 5) is 38.9. The Hall–Kier alpha value is -3.35. The molecule has 4 atom stereocenters. The molecule has 1 saturated carbocycles. The summed E-state index contributed by atoms with van der Waals surface area (Å²) < 4.78 is 5.69. The van der Waals surface area contributed by atoms with E-state index in [0.29, 0.717) is 13.1 Å². The number of carboxylic acid groups (broad SMARTS) is 1. The van der Waals surface area contributed by atoms with E-state index in [9.17, 15) is 14.4 Å². The zero-order valence-corrected chi connectivity index (χ0v) is 20.0. The minimum atomic E-state index is -0.827. The number of carboxylic acids is 1. The first-order chi connectivity index (χ1) is 16.9. The molecule has 2 N–H and O–H groups in total. The van der Waals surface area contributed by atoms with Crippen molar-refractivity contribution in [2.24, 2.45) is 17.8 Å². The highest BCUT2D eigenvalue weighted by molar-refractivity contribution is 5.82. The molecule has 2 aromatic rings. The van der Waals surface area contributed by atoms with Gasteiger partial charge in [0, 0.05) is 25.0 Å². The van der Waals surface area contributed by atoms with Crippen LogP contribution in [0.3, 0.4) is 0 Å². The second kappa shape index (κ2) is 9.72. The van der Waals surface area contributed by atoms with Crippen LogP contribution in [0, 0.1) is 17.8 Å². The average molecular weight is 477 g/mol. The zero-order chi connectivity index (χ0) is 24.5. The molecule has 0 aromatic heterocycles. The molecule has 2 amide bonds. The summed E-state index contributed by atoms with van der Waals surface area (Å²) in [5, 5.41) is 12.1. The van der Waals surface area contributed by atoms with Crippen LogP contribution in [-0.4, -0.2) is 53.7 Å². The van der Waals surface area contributed by atoms with Crippen LogP contribution in [0.25, 0.3) is 11.1 Å². The molecule has 5 rings (SSSR count). The van der Waals surface area contributed by atoms with E-state index in [-0.39, 0.29) is 48.6 Å². The largest absolute Gasteiger partial charge is 0.481 e. The monoisotopic (exact) mass is 476 g/mol. The fourth-order valence-electron chi connectivity index (χ4n) is 6.16. The number of benzene rings is 2. The summed E-state index contributed by atoms with van der Waals surface area (Å²) in [5.41, 5.74) is 4.68. The molecule has 2 aliphatic carbocycles. The molecule has 7 nitrogen and oxygen atoms in total. The van der Waals surface area contributed by atoms with Gasteiger partial charge in [-0.1, -0.05) is 61.9 Å². The van der Waals surface area contributed by atoms with Crippen molar-refractivity contribution >= 4 is 18.0 Å². The maximum atomic E-state index is 13.2. The van der Waals surface area contributed by atoms with Gasteiger partial charge in [0.25, 0.3) is 0 Å². The SMILES string of the molecule is CC1CN(C(=O)[C@@H]2CCC[C@@H]2NC(=O)OCC2c3ccccc3-c3ccccc32)CC1CC(=O)O. The predicted octanol–water partition coefficient (Wildman–Crippen LogP) is 4.26. The van der Waals surface area contributed by atoms with Crippen LogP contribution in [0.1, 0.15) is 49.7 Å². The van der Waals surface area contributed by atoms with Gasteiger partial charge in [0.05, 0.1) is 12.3 Å². The number of nitrogens with zero attached hydrogens (tertiary/aromatic N) is 1. The molecule has 2 aromatic carbocycles. The summed E-state index contributed by atoms with van der Waals surface area (Å²) >= 11 is 0. The summed E-state index contributed by atoms with van der Waals surface area (Å²) in [6.07, 6.45) is 1.92. The van der Waals surface area contributed by atoms with E-state index >= 15 is 0 Å². The van der Waals surface area contributed by atoms with Crippen LogP contribution in [0.4, 0.5) is 4.79 Å². The van der Waals surface area contributed by atoms with Crippen molar-refractivity contribution in [2.45, 2.75) is 44.6 Å². The number of aliphatic carboxylic acids is 1. The van der Waals surface area contributed by atoms with Crippen LogP contribution >= 0.6 is 0 Å². The maximum Gasteiger partial charge on any atom is 0.407 e. The molecule has 2 unspecified atom stereocenters. The first-order valence-corrected chi connectivity index (χ1v) is 12.5. The minimum absolute atomic E-state index is 0.00795. The van der Waals surface area contributed by atoms with Crippen LogP contribution in [0.2, 0.25) is 0 Å². The lowest BCUT2D eigenvalue weighted by molar-refractivity contribution is -0.139. The van der Waals surface area contributed by atoms with E-state index in [1.165, 1.54) is 11.1 Å². The Morgan fingerprint density at radius 1 is 1.00 bits per heavy atom. The smallest absolute Gasteiger partial charge is 0.407 e. The van der Waals surface area contributed by atoms with E-state index < -0.39 is 12.1 Å². The van der Waals surface area contributed by atoms with Gasteiger partial charge >= 0.3 is 12.1 Å². The van der Waals surface area contributed by atoms with E-state index in [4.69, 9.17) is 9.84 Å². The van der Waals surface area contributed by atoms with Gasteiger partial charge in [-0.05, 0) is 46.9 Å². The van der Waals surface area contributed by atoms with E-state index in [2.05, 4.69) is 29.6 Å². The van der Waals surface area contributed by atoms with Gasteiger partial charge in [-0.2, -0.15) is 0 Å². The molecule has 0 bridgehead atoms. The molecule has 3 aliphatic rings. The third kappa shape index (κ3) is 4.64. The number of carbonyl (C=O) groups excluding carboxylic acids is 2. The van der Waals surface area contributed by atoms with Crippen molar-refractivity contribution in [2.75, 3.05) is 19.7 Å². The van der Waals surface area contributed by atoms with Crippen LogP contribution < -0.4 is 5.32 Å². The lowest BCUT2D eigenvalue weighted by atomic mass is 9.95. The quantitative estimate of drug-likeness (QED) is 0.649. The Morgan fingerprint density at radius 2 is 1.66 bits per heavy atom. The molecule has 35 heavy (non-hydrogen) atoms. The van der Waals surface area contributed by atoms with Gasteiger partial charge in [0.15, 0.2) is 0 Å². The number of rotatable bonds is 6.